The van der Waals surface area contributed by atoms with E-state index in [9.17, 15) is 28.8 Å². The van der Waals surface area contributed by atoms with Gasteiger partial charge in [-0.2, -0.15) is 0 Å². The number of thioether (sulfide) groups is 1. The van der Waals surface area contributed by atoms with Crippen molar-refractivity contribution in [2.24, 2.45) is 5.73 Å². The second-order valence-electron chi connectivity index (χ2n) is 6.39. The topological polar surface area (TPSA) is 173 Å². The van der Waals surface area contributed by atoms with E-state index in [2.05, 4.69) is 5.32 Å². The highest BCUT2D eigenvalue weighted by Crippen LogP contribution is 2.09. The first kappa shape index (κ1) is 26.5. The number of ether oxygens (including phenoxy) is 1. The molecule has 0 rings (SSSR count). The number of carbonyl (C=O) groups is 6. The van der Waals surface area contributed by atoms with Gasteiger partial charge in [0.15, 0.2) is 5.12 Å². The minimum atomic E-state index is -1.28. The van der Waals surface area contributed by atoms with Gasteiger partial charge in [-0.3, -0.25) is 33.7 Å². The van der Waals surface area contributed by atoms with Crippen LogP contribution in [-0.2, 0) is 33.5 Å². The average Bonchev–Trinajstić information content (AvgIpc) is 2.59. The molecule has 3 amide bonds. The lowest BCUT2D eigenvalue weighted by Crippen LogP contribution is -2.53. The molecule has 0 saturated heterocycles. The predicted molar refractivity (Wildman–Crippen MR) is 104 cm³/mol. The lowest BCUT2D eigenvalue weighted by molar-refractivity contribution is -0.157. The van der Waals surface area contributed by atoms with E-state index in [1.165, 1.54) is 6.92 Å². The van der Waals surface area contributed by atoms with Gasteiger partial charge >= 0.3 is 11.9 Å². The molecule has 0 fully saturated rings. The number of hydrogen-bond acceptors (Lipinski definition) is 9. The third-order valence-corrected chi connectivity index (χ3v) is 4.29. The predicted octanol–water partition coefficient (Wildman–Crippen LogP) is -0.730. The van der Waals surface area contributed by atoms with E-state index in [-0.39, 0.29) is 23.7 Å². The maximum Gasteiger partial charge on any atom is 0.326 e. The molecule has 164 valence electrons. The first-order chi connectivity index (χ1) is 13.3. The number of carboxylic acids is 1. The van der Waals surface area contributed by atoms with Crippen LogP contribution < -0.4 is 11.1 Å². The molecule has 0 aliphatic carbocycles. The summed E-state index contributed by atoms with van der Waals surface area (Å²) in [6, 6.07) is -2.53. The van der Waals surface area contributed by atoms with Gasteiger partial charge in [0.1, 0.15) is 18.6 Å². The lowest BCUT2D eigenvalue weighted by atomic mass is 10.1. The first-order valence-electron chi connectivity index (χ1n) is 8.77. The maximum absolute atomic E-state index is 12.7. The third kappa shape index (κ3) is 11.2. The minimum Gasteiger partial charge on any atom is -0.480 e. The highest BCUT2D eigenvalue weighted by Gasteiger charge is 2.31. The summed E-state index contributed by atoms with van der Waals surface area (Å²) >= 11 is 0.750. The largest absolute Gasteiger partial charge is 0.480 e. The standard InChI is InChI=1S/C17H27N3O8S/c1-9(2)28-15(24)7-20(10(3)21)16(25)13(8-29-11(4)22)19-14(23)6-5-12(18)17(26)27/h9,12-13H,5-8,18H2,1-4H3,(H,19,23)(H,26,27). The Kier molecular flexibility index (Phi) is 11.8. The number of carboxylic acid groups (broad SMARTS) is 1. The maximum atomic E-state index is 12.7. The Bertz CT molecular complexity index is 653. The normalized spacial score (nSPS) is 12.6. The van der Waals surface area contributed by atoms with Gasteiger partial charge in [0.25, 0.3) is 5.91 Å². The second kappa shape index (κ2) is 12.9. The van der Waals surface area contributed by atoms with E-state index in [1.54, 1.807) is 13.8 Å². The number of amides is 3. The van der Waals surface area contributed by atoms with Crippen molar-refractivity contribution in [1.29, 1.82) is 0 Å². The third-order valence-electron chi connectivity index (χ3n) is 3.39. The van der Waals surface area contributed by atoms with Crippen LogP contribution in [0.3, 0.4) is 0 Å². The molecule has 29 heavy (non-hydrogen) atoms. The van der Waals surface area contributed by atoms with Crippen molar-refractivity contribution < 1.29 is 38.6 Å². The van der Waals surface area contributed by atoms with E-state index in [1.807, 2.05) is 0 Å². The van der Waals surface area contributed by atoms with Crippen LogP contribution in [0.15, 0.2) is 0 Å². The number of imide groups is 1. The van der Waals surface area contributed by atoms with Gasteiger partial charge in [-0.25, -0.2) is 0 Å². The molecular weight excluding hydrogens is 406 g/mol. The molecule has 4 N–H and O–H groups in total. The number of hydrogen-bond donors (Lipinski definition) is 3. The number of carbonyl (C=O) groups excluding carboxylic acids is 5. The molecular formula is C17H27N3O8S. The average molecular weight is 433 g/mol. The van der Waals surface area contributed by atoms with Crippen LogP contribution in [0.1, 0.15) is 40.5 Å². The number of esters is 1. The molecule has 0 aromatic heterocycles. The van der Waals surface area contributed by atoms with Crippen LogP contribution in [-0.4, -0.2) is 75.3 Å². The number of rotatable bonds is 11. The number of aliphatic carboxylic acids is 1. The van der Waals surface area contributed by atoms with Gasteiger partial charge in [0.2, 0.25) is 11.8 Å². The molecule has 2 atom stereocenters. The van der Waals surface area contributed by atoms with Gasteiger partial charge in [0.05, 0.1) is 6.10 Å². The Morgan fingerprint density at radius 1 is 1.14 bits per heavy atom. The van der Waals surface area contributed by atoms with Crippen molar-refractivity contribution in [3.05, 3.63) is 0 Å². The van der Waals surface area contributed by atoms with Gasteiger partial charge in [-0.1, -0.05) is 11.8 Å². The molecule has 0 aliphatic heterocycles. The fraction of sp³-hybridized carbons (Fsp3) is 0.647. The summed E-state index contributed by atoms with van der Waals surface area (Å²) in [5, 5.41) is 10.8. The summed E-state index contributed by atoms with van der Waals surface area (Å²) in [4.78, 5) is 71.1. The molecule has 0 bridgehead atoms. The number of nitrogens with two attached hydrogens (primary N) is 1. The molecule has 0 aromatic carbocycles. The van der Waals surface area contributed by atoms with Crippen LogP contribution in [0, 0.1) is 0 Å². The number of nitrogens with zero attached hydrogens (tertiary/aromatic N) is 1. The molecule has 0 radical (unpaired) electrons. The zero-order valence-corrected chi connectivity index (χ0v) is 17.6. The summed E-state index contributed by atoms with van der Waals surface area (Å²) in [7, 11) is 0. The molecule has 12 heteroatoms. The lowest BCUT2D eigenvalue weighted by Gasteiger charge is -2.25. The molecule has 11 nitrogen and oxygen atoms in total. The highest BCUT2D eigenvalue weighted by atomic mass is 32.2. The molecule has 0 saturated carbocycles. The van der Waals surface area contributed by atoms with E-state index in [4.69, 9.17) is 15.6 Å². The molecule has 2 unspecified atom stereocenters. The molecule has 0 spiro atoms. The Morgan fingerprint density at radius 3 is 2.17 bits per heavy atom. The fourth-order valence-electron chi connectivity index (χ4n) is 2.01. The van der Waals surface area contributed by atoms with Crippen molar-refractivity contribution in [1.82, 2.24) is 10.2 Å². The summed E-state index contributed by atoms with van der Waals surface area (Å²) in [6.45, 7) is 4.90. The molecule has 0 aliphatic rings. The monoisotopic (exact) mass is 433 g/mol. The van der Waals surface area contributed by atoms with Crippen LogP contribution in [0.2, 0.25) is 0 Å². The summed E-state index contributed by atoms with van der Waals surface area (Å²) in [5.41, 5.74) is 5.34. The Hall–Kier alpha value is -2.47. The highest BCUT2D eigenvalue weighted by molar-refractivity contribution is 8.13. The van der Waals surface area contributed by atoms with Crippen LogP contribution in [0.5, 0.6) is 0 Å². The van der Waals surface area contributed by atoms with Gasteiger partial charge in [0, 0.05) is 26.0 Å². The van der Waals surface area contributed by atoms with Crippen molar-refractivity contribution in [2.75, 3.05) is 12.3 Å². The van der Waals surface area contributed by atoms with E-state index in [0.717, 1.165) is 18.7 Å². The van der Waals surface area contributed by atoms with Crippen LogP contribution >= 0.6 is 11.8 Å². The Labute approximate surface area is 172 Å². The summed E-state index contributed by atoms with van der Waals surface area (Å²) in [5.74, 6) is -4.56. The summed E-state index contributed by atoms with van der Waals surface area (Å²) < 4.78 is 4.93. The van der Waals surface area contributed by atoms with Crippen molar-refractivity contribution in [2.45, 2.75) is 58.7 Å². The Balaban J connectivity index is 5.26. The molecule has 0 aromatic rings. The smallest absolute Gasteiger partial charge is 0.326 e. The molecule has 0 heterocycles. The first-order valence-corrected chi connectivity index (χ1v) is 9.76. The van der Waals surface area contributed by atoms with Crippen molar-refractivity contribution >= 4 is 46.5 Å². The second-order valence-corrected chi connectivity index (χ2v) is 7.59. The van der Waals surface area contributed by atoms with Gasteiger partial charge in [-0.05, 0) is 20.3 Å². The fourth-order valence-corrected chi connectivity index (χ4v) is 2.64. The quantitative estimate of drug-likeness (QED) is 0.352. The minimum absolute atomic E-state index is 0.168. The van der Waals surface area contributed by atoms with Crippen molar-refractivity contribution in [3.8, 4) is 0 Å². The zero-order chi connectivity index (χ0) is 22.7. The Morgan fingerprint density at radius 2 is 1.72 bits per heavy atom. The summed E-state index contributed by atoms with van der Waals surface area (Å²) in [6.07, 6.45) is -0.898. The van der Waals surface area contributed by atoms with Crippen molar-refractivity contribution in [3.63, 3.8) is 0 Å². The zero-order valence-electron chi connectivity index (χ0n) is 16.8. The van der Waals surface area contributed by atoms with E-state index >= 15 is 0 Å². The SMILES string of the molecule is CC(=O)SCC(NC(=O)CCC(N)C(=O)O)C(=O)N(CC(=O)OC(C)C)C(C)=O. The van der Waals surface area contributed by atoms with Crippen LogP contribution in [0.4, 0.5) is 0 Å². The number of nitrogens with one attached hydrogen (secondary N) is 1. The van der Waals surface area contributed by atoms with Crippen LogP contribution in [0.25, 0.3) is 0 Å². The van der Waals surface area contributed by atoms with Gasteiger partial charge < -0.3 is 20.9 Å². The van der Waals surface area contributed by atoms with E-state index in [0.29, 0.717) is 4.90 Å². The van der Waals surface area contributed by atoms with E-state index < -0.39 is 54.4 Å². The van der Waals surface area contributed by atoms with Gasteiger partial charge in [-0.15, -0.1) is 0 Å².